The summed E-state index contributed by atoms with van der Waals surface area (Å²) in [6.45, 7) is 4.49. The second kappa shape index (κ2) is 3.52. The normalized spacial score (nSPS) is 35.7. The van der Waals surface area contributed by atoms with Crippen molar-refractivity contribution in [3.63, 3.8) is 0 Å². The molecule has 0 N–H and O–H groups in total. The summed E-state index contributed by atoms with van der Waals surface area (Å²) >= 11 is 0. The van der Waals surface area contributed by atoms with Crippen molar-refractivity contribution in [2.24, 2.45) is 17.3 Å². The summed E-state index contributed by atoms with van der Waals surface area (Å²) in [6, 6.07) is 0. The standard InChI is InChI=1S/C13H20O/c1-13(2)11(9-14)8-7-10-5-3-4-6-12(10)13/h6,9-11H,3-5,7-8H2,1-2H3. The molecule has 2 atom stereocenters. The van der Waals surface area contributed by atoms with Gasteiger partial charge in [-0.1, -0.05) is 25.5 Å². The zero-order valence-corrected chi connectivity index (χ0v) is 9.25. The number of hydrogen-bond acceptors (Lipinski definition) is 1. The molecule has 0 heterocycles. The van der Waals surface area contributed by atoms with Crippen LogP contribution < -0.4 is 0 Å². The van der Waals surface area contributed by atoms with E-state index in [0.717, 1.165) is 12.3 Å². The van der Waals surface area contributed by atoms with Crippen molar-refractivity contribution in [3.05, 3.63) is 11.6 Å². The Kier molecular flexibility index (Phi) is 2.50. The highest BCUT2D eigenvalue weighted by Crippen LogP contribution is 2.49. The van der Waals surface area contributed by atoms with Gasteiger partial charge in [0.1, 0.15) is 6.29 Å². The molecule has 0 aromatic heterocycles. The fraction of sp³-hybridized carbons (Fsp3) is 0.769. The van der Waals surface area contributed by atoms with E-state index in [0.29, 0.717) is 0 Å². The molecule has 1 saturated carbocycles. The first kappa shape index (κ1) is 9.95. The van der Waals surface area contributed by atoms with Crippen LogP contribution in [0.2, 0.25) is 0 Å². The molecule has 1 heteroatoms. The summed E-state index contributed by atoms with van der Waals surface area (Å²) in [5, 5.41) is 0. The largest absolute Gasteiger partial charge is 0.303 e. The third-order valence-electron chi connectivity index (χ3n) is 4.22. The topological polar surface area (TPSA) is 17.1 Å². The average Bonchev–Trinajstić information content (AvgIpc) is 2.18. The Balaban J connectivity index is 2.30. The highest BCUT2D eigenvalue weighted by atomic mass is 16.1. The molecule has 0 aromatic rings. The molecule has 0 aliphatic heterocycles. The Labute approximate surface area is 86.6 Å². The first-order valence-corrected chi connectivity index (χ1v) is 5.82. The summed E-state index contributed by atoms with van der Waals surface area (Å²) in [5.41, 5.74) is 1.71. The number of carbonyl (C=O) groups excluding carboxylic acids is 1. The van der Waals surface area contributed by atoms with Gasteiger partial charge in [-0.2, -0.15) is 0 Å². The molecule has 1 fully saturated rings. The third-order valence-corrected chi connectivity index (χ3v) is 4.22. The maximum absolute atomic E-state index is 11.0. The van der Waals surface area contributed by atoms with Crippen molar-refractivity contribution in [1.82, 2.24) is 0 Å². The lowest BCUT2D eigenvalue weighted by molar-refractivity contribution is -0.114. The Bertz CT molecular complexity index is 262. The van der Waals surface area contributed by atoms with E-state index in [4.69, 9.17) is 0 Å². The number of hydrogen-bond donors (Lipinski definition) is 0. The SMILES string of the molecule is CC1(C)C2=CCCCC2CCC1C=O. The summed E-state index contributed by atoms with van der Waals surface area (Å²) in [6.07, 6.45) is 9.82. The van der Waals surface area contributed by atoms with Gasteiger partial charge in [0, 0.05) is 5.92 Å². The van der Waals surface area contributed by atoms with Gasteiger partial charge in [-0.05, 0) is 43.4 Å². The minimum absolute atomic E-state index is 0.130. The number of carbonyl (C=O) groups is 1. The zero-order chi connectivity index (χ0) is 10.2. The van der Waals surface area contributed by atoms with E-state index in [1.54, 1.807) is 5.57 Å². The maximum atomic E-state index is 11.0. The van der Waals surface area contributed by atoms with Crippen LogP contribution in [-0.4, -0.2) is 6.29 Å². The van der Waals surface area contributed by atoms with Crippen molar-refractivity contribution >= 4 is 6.29 Å². The minimum atomic E-state index is 0.130. The van der Waals surface area contributed by atoms with Gasteiger partial charge in [0.15, 0.2) is 0 Å². The van der Waals surface area contributed by atoms with E-state index in [9.17, 15) is 4.79 Å². The van der Waals surface area contributed by atoms with Gasteiger partial charge in [-0.3, -0.25) is 0 Å². The zero-order valence-electron chi connectivity index (χ0n) is 9.25. The molecule has 0 bridgehead atoms. The fourth-order valence-corrected chi connectivity index (χ4v) is 3.23. The molecule has 0 saturated heterocycles. The van der Waals surface area contributed by atoms with Gasteiger partial charge >= 0.3 is 0 Å². The van der Waals surface area contributed by atoms with Gasteiger partial charge in [0.25, 0.3) is 0 Å². The first-order chi connectivity index (χ1) is 6.66. The second-order valence-electron chi connectivity index (χ2n) is 5.33. The van der Waals surface area contributed by atoms with Crippen LogP contribution in [0.15, 0.2) is 11.6 Å². The predicted octanol–water partition coefficient (Wildman–Crippen LogP) is 3.35. The predicted molar refractivity (Wildman–Crippen MR) is 58.0 cm³/mol. The highest BCUT2D eigenvalue weighted by Gasteiger charge is 2.41. The molecule has 2 aliphatic rings. The first-order valence-electron chi connectivity index (χ1n) is 5.82. The van der Waals surface area contributed by atoms with Crippen LogP contribution >= 0.6 is 0 Å². The number of fused-ring (bicyclic) bond motifs is 1. The maximum Gasteiger partial charge on any atom is 0.123 e. The van der Waals surface area contributed by atoms with Crippen molar-refractivity contribution in [3.8, 4) is 0 Å². The Hall–Kier alpha value is -0.590. The molecule has 0 aromatic carbocycles. The molecule has 1 nitrogen and oxygen atoms in total. The monoisotopic (exact) mass is 192 g/mol. The lowest BCUT2D eigenvalue weighted by Gasteiger charge is -2.44. The van der Waals surface area contributed by atoms with Crippen molar-refractivity contribution < 1.29 is 4.79 Å². The molecular formula is C13H20O. The Morgan fingerprint density at radius 3 is 2.86 bits per heavy atom. The molecular weight excluding hydrogens is 172 g/mol. The quantitative estimate of drug-likeness (QED) is 0.460. The molecule has 0 spiro atoms. The van der Waals surface area contributed by atoms with Crippen molar-refractivity contribution in [1.29, 1.82) is 0 Å². The molecule has 14 heavy (non-hydrogen) atoms. The minimum Gasteiger partial charge on any atom is -0.303 e. The molecule has 0 radical (unpaired) electrons. The van der Waals surface area contributed by atoms with Crippen LogP contribution in [0.3, 0.4) is 0 Å². The van der Waals surface area contributed by atoms with Crippen LogP contribution in [0, 0.1) is 17.3 Å². The third kappa shape index (κ3) is 1.43. The summed E-state index contributed by atoms with van der Waals surface area (Å²) in [5.74, 6) is 1.04. The Morgan fingerprint density at radius 2 is 2.14 bits per heavy atom. The number of aldehydes is 1. The summed E-state index contributed by atoms with van der Waals surface area (Å²) < 4.78 is 0. The van der Waals surface area contributed by atoms with Crippen LogP contribution in [0.1, 0.15) is 46.0 Å². The van der Waals surface area contributed by atoms with E-state index < -0.39 is 0 Å². The van der Waals surface area contributed by atoms with Gasteiger partial charge in [-0.25, -0.2) is 0 Å². The van der Waals surface area contributed by atoms with E-state index in [2.05, 4.69) is 19.9 Å². The molecule has 78 valence electrons. The second-order valence-corrected chi connectivity index (χ2v) is 5.33. The Morgan fingerprint density at radius 1 is 1.36 bits per heavy atom. The molecule has 0 amide bonds. The van der Waals surface area contributed by atoms with Crippen LogP contribution in [-0.2, 0) is 4.79 Å². The number of allylic oxidation sites excluding steroid dienone is 2. The van der Waals surface area contributed by atoms with Gasteiger partial charge in [-0.15, -0.1) is 0 Å². The molecule has 2 aliphatic carbocycles. The van der Waals surface area contributed by atoms with Gasteiger partial charge in [0.05, 0.1) is 0 Å². The van der Waals surface area contributed by atoms with E-state index in [-0.39, 0.29) is 11.3 Å². The van der Waals surface area contributed by atoms with E-state index in [1.165, 1.54) is 32.0 Å². The van der Waals surface area contributed by atoms with Crippen LogP contribution in [0.4, 0.5) is 0 Å². The lowest BCUT2D eigenvalue weighted by atomic mass is 9.60. The molecule has 2 rings (SSSR count). The fourth-order valence-electron chi connectivity index (χ4n) is 3.23. The smallest absolute Gasteiger partial charge is 0.123 e. The van der Waals surface area contributed by atoms with Crippen LogP contribution in [0.25, 0.3) is 0 Å². The van der Waals surface area contributed by atoms with E-state index in [1.807, 2.05) is 0 Å². The van der Waals surface area contributed by atoms with E-state index >= 15 is 0 Å². The van der Waals surface area contributed by atoms with Gasteiger partial charge < -0.3 is 4.79 Å². The number of rotatable bonds is 1. The van der Waals surface area contributed by atoms with Gasteiger partial charge in [0.2, 0.25) is 0 Å². The molecule has 2 unspecified atom stereocenters. The highest BCUT2D eigenvalue weighted by molar-refractivity contribution is 5.57. The van der Waals surface area contributed by atoms with Crippen molar-refractivity contribution in [2.75, 3.05) is 0 Å². The summed E-state index contributed by atoms with van der Waals surface area (Å²) in [4.78, 5) is 11.0. The summed E-state index contributed by atoms with van der Waals surface area (Å²) in [7, 11) is 0. The van der Waals surface area contributed by atoms with Crippen LogP contribution in [0.5, 0.6) is 0 Å². The van der Waals surface area contributed by atoms with Crippen molar-refractivity contribution in [2.45, 2.75) is 46.0 Å². The average molecular weight is 192 g/mol. The lowest BCUT2D eigenvalue weighted by Crippen LogP contribution is -2.36.